The number of nitrogens with zero attached hydrogens (tertiary/aromatic N) is 4. The van der Waals surface area contributed by atoms with Crippen LogP contribution in [0.3, 0.4) is 0 Å². The van der Waals surface area contributed by atoms with Crippen molar-refractivity contribution in [3.8, 4) is 11.4 Å². The van der Waals surface area contributed by atoms with E-state index in [1.165, 1.54) is 17.7 Å². The maximum atomic E-state index is 13.9. The first-order valence-electron chi connectivity index (χ1n) is 11.4. The fourth-order valence-corrected chi connectivity index (χ4v) is 4.20. The number of aromatic nitrogens is 2. The van der Waals surface area contributed by atoms with Gasteiger partial charge in [-0.3, -0.25) is 4.79 Å². The topological polar surface area (TPSA) is 49.3 Å². The average Bonchev–Trinajstić information content (AvgIpc) is 2.80. The van der Waals surface area contributed by atoms with E-state index in [4.69, 9.17) is 9.97 Å². The Bertz CT molecular complexity index is 1130. The van der Waals surface area contributed by atoms with Crippen LogP contribution in [0.5, 0.6) is 0 Å². The van der Waals surface area contributed by atoms with Gasteiger partial charge in [0.25, 0.3) is 0 Å². The van der Waals surface area contributed by atoms with Crippen molar-refractivity contribution in [2.75, 3.05) is 31.1 Å². The van der Waals surface area contributed by atoms with E-state index in [2.05, 4.69) is 17.0 Å². The summed E-state index contributed by atoms with van der Waals surface area (Å²) in [5, 5.41) is 0. The molecule has 5 nitrogen and oxygen atoms in total. The molecule has 2 aromatic carbocycles. The van der Waals surface area contributed by atoms with Crippen molar-refractivity contribution in [3.05, 3.63) is 77.2 Å². The van der Waals surface area contributed by atoms with E-state index in [9.17, 15) is 9.18 Å². The van der Waals surface area contributed by atoms with E-state index in [1.54, 1.807) is 6.07 Å². The molecular formula is C27H31FN4O. The molecular weight excluding hydrogens is 415 g/mol. The molecule has 172 valence electrons. The average molecular weight is 447 g/mol. The molecule has 1 saturated heterocycles. The number of halogens is 1. The highest BCUT2D eigenvalue weighted by molar-refractivity contribution is 5.81. The highest BCUT2D eigenvalue weighted by atomic mass is 19.1. The predicted molar refractivity (Wildman–Crippen MR) is 130 cm³/mol. The lowest BCUT2D eigenvalue weighted by molar-refractivity contribution is -0.139. The van der Waals surface area contributed by atoms with Gasteiger partial charge in [-0.25, -0.2) is 14.4 Å². The van der Waals surface area contributed by atoms with Crippen LogP contribution in [0.4, 0.5) is 10.2 Å². The summed E-state index contributed by atoms with van der Waals surface area (Å²) >= 11 is 0. The van der Waals surface area contributed by atoms with Gasteiger partial charge in [-0.15, -0.1) is 0 Å². The first kappa shape index (κ1) is 22.9. The monoisotopic (exact) mass is 446 g/mol. The van der Waals surface area contributed by atoms with Gasteiger partial charge in [0.15, 0.2) is 5.82 Å². The number of anilines is 1. The molecule has 0 bridgehead atoms. The van der Waals surface area contributed by atoms with Crippen LogP contribution in [0, 0.1) is 18.2 Å². The number of hydrogen-bond donors (Lipinski definition) is 0. The molecule has 1 fully saturated rings. The van der Waals surface area contributed by atoms with E-state index in [0.717, 1.165) is 17.1 Å². The minimum Gasteiger partial charge on any atom is -0.353 e. The summed E-state index contributed by atoms with van der Waals surface area (Å²) in [6.45, 7) is 10.6. The van der Waals surface area contributed by atoms with Gasteiger partial charge in [-0.1, -0.05) is 63.2 Å². The summed E-state index contributed by atoms with van der Waals surface area (Å²) in [5.41, 5.74) is 3.40. The largest absolute Gasteiger partial charge is 0.353 e. The molecule has 1 aliphatic heterocycles. The Morgan fingerprint density at radius 3 is 2.30 bits per heavy atom. The molecule has 6 heteroatoms. The zero-order valence-electron chi connectivity index (χ0n) is 19.8. The lowest BCUT2D eigenvalue weighted by atomic mass is 9.94. The van der Waals surface area contributed by atoms with Crippen molar-refractivity contribution in [2.24, 2.45) is 5.41 Å². The standard InChI is InChI=1S/C27H31FN4O/c1-19-23(17-20-9-6-5-7-10-20)25(30-24(29-19)21-11-8-12-22(28)18-21)31-13-15-32(16-14-31)26(33)27(2,3)4/h5-12,18H,13-17H2,1-4H3. The molecule has 0 N–H and O–H groups in total. The highest BCUT2D eigenvalue weighted by Gasteiger charge is 2.31. The number of aryl methyl sites for hydroxylation is 1. The van der Waals surface area contributed by atoms with Gasteiger partial charge in [0.2, 0.25) is 5.91 Å². The maximum absolute atomic E-state index is 13.9. The van der Waals surface area contributed by atoms with Crippen molar-refractivity contribution in [3.63, 3.8) is 0 Å². The van der Waals surface area contributed by atoms with Gasteiger partial charge in [0.1, 0.15) is 11.6 Å². The van der Waals surface area contributed by atoms with Gasteiger partial charge < -0.3 is 9.80 Å². The van der Waals surface area contributed by atoms with Crippen LogP contribution in [0.15, 0.2) is 54.6 Å². The third-order valence-electron chi connectivity index (χ3n) is 6.01. The molecule has 0 saturated carbocycles. The van der Waals surface area contributed by atoms with E-state index in [-0.39, 0.29) is 11.7 Å². The number of carbonyl (C=O) groups excluding carboxylic acids is 1. The Morgan fingerprint density at radius 2 is 1.67 bits per heavy atom. The Kier molecular flexibility index (Phi) is 6.45. The Balaban J connectivity index is 1.69. The molecule has 1 aromatic heterocycles. The SMILES string of the molecule is Cc1nc(-c2cccc(F)c2)nc(N2CCN(C(=O)C(C)(C)C)CC2)c1Cc1ccccc1. The highest BCUT2D eigenvalue weighted by Crippen LogP contribution is 2.29. The molecule has 1 aliphatic rings. The molecule has 1 amide bonds. The van der Waals surface area contributed by atoms with Gasteiger partial charge in [-0.05, 0) is 24.6 Å². The summed E-state index contributed by atoms with van der Waals surface area (Å²) in [5.74, 6) is 1.25. The van der Waals surface area contributed by atoms with Crippen LogP contribution in [0.2, 0.25) is 0 Å². The van der Waals surface area contributed by atoms with Crippen molar-refractivity contribution >= 4 is 11.7 Å². The number of amides is 1. The zero-order chi connectivity index (χ0) is 23.6. The van der Waals surface area contributed by atoms with Gasteiger partial charge in [0.05, 0.1) is 0 Å². The lowest BCUT2D eigenvalue weighted by Gasteiger charge is -2.39. The minimum absolute atomic E-state index is 0.172. The summed E-state index contributed by atoms with van der Waals surface area (Å²) < 4.78 is 13.9. The Hall–Kier alpha value is -3.28. The third kappa shape index (κ3) is 5.21. The van der Waals surface area contributed by atoms with Crippen molar-refractivity contribution in [1.29, 1.82) is 0 Å². The molecule has 0 spiro atoms. The van der Waals surface area contributed by atoms with Gasteiger partial charge in [0, 0.05) is 54.8 Å². The van der Waals surface area contributed by atoms with Crippen LogP contribution < -0.4 is 4.90 Å². The number of carbonyl (C=O) groups is 1. The molecule has 4 rings (SSSR count). The number of benzene rings is 2. The number of hydrogen-bond acceptors (Lipinski definition) is 4. The molecule has 2 heterocycles. The van der Waals surface area contributed by atoms with Crippen molar-refractivity contribution in [2.45, 2.75) is 34.1 Å². The van der Waals surface area contributed by atoms with E-state index in [1.807, 2.05) is 56.9 Å². The third-order valence-corrected chi connectivity index (χ3v) is 6.01. The second-order valence-electron chi connectivity index (χ2n) is 9.64. The van der Waals surface area contributed by atoms with E-state index < -0.39 is 5.41 Å². The second-order valence-corrected chi connectivity index (χ2v) is 9.64. The van der Waals surface area contributed by atoms with Gasteiger partial charge in [-0.2, -0.15) is 0 Å². The molecule has 0 radical (unpaired) electrons. The molecule has 33 heavy (non-hydrogen) atoms. The smallest absolute Gasteiger partial charge is 0.228 e. The second kappa shape index (κ2) is 9.30. The number of rotatable bonds is 4. The predicted octanol–water partition coefficient (Wildman–Crippen LogP) is 4.88. The quantitative estimate of drug-likeness (QED) is 0.573. The summed E-state index contributed by atoms with van der Waals surface area (Å²) in [6.07, 6.45) is 0.715. The van der Waals surface area contributed by atoms with Crippen LogP contribution in [0.1, 0.15) is 37.6 Å². The Morgan fingerprint density at radius 1 is 0.970 bits per heavy atom. The summed E-state index contributed by atoms with van der Waals surface area (Å²) in [7, 11) is 0. The van der Waals surface area contributed by atoms with Crippen molar-refractivity contribution < 1.29 is 9.18 Å². The zero-order valence-corrected chi connectivity index (χ0v) is 19.8. The van der Waals surface area contributed by atoms with Crippen LogP contribution in [-0.2, 0) is 11.2 Å². The number of piperazine rings is 1. The van der Waals surface area contributed by atoms with Crippen LogP contribution in [-0.4, -0.2) is 47.0 Å². The first-order chi connectivity index (χ1) is 15.7. The minimum atomic E-state index is -0.392. The van der Waals surface area contributed by atoms with Crippen LogP contribution >= 0.6 is 0 Å². The molecule has 0 atom stereocenters. The molecule has 0 unspecified atom stereocenters. The maximum Gasteiger partial charge on any atom is 0.228 e. The normalized spacial score (nSPS) is 14.5. The Labute approximate surface area is 195 Å². The summed E-state index contributed by atoms with van der Waals surface area (Å²) in [4.78, 5) is 26.6. The summed E-state index contributed by atoms with van der Waals surface area (Å²) in [6, 6.07) is 16.7. The van der Waals surface area contributed by atoms with Crippen LogP contribution in [0.25, 0.3) is 11.4 Å². The first-order valence-corrected chi connectivity index (χ1v) is 11.4. The fraction of sp³-hybridized carbons (Fsp3) is 0.370. The van der Waals surface area contributed by atoms with E-state index in [0.29, 0.717) is 44.0 Å². The van der Waals surface area contributed by atoms with Gasteiger partial charge >= 0.3 is 0 Å². The molecule has 3 aromatic rings. The molecule has 0 aliphatic carbocycles. The lowest BCUT2D eigenvalue weighted by Crippen LogP contribution is -2.52. The van der Waals surface area contributed by atoms with Crippen molar-refractivity contribution in [1.82, 2.24) is 14.9 Å². The fourth-order valence-electron chi connectivity index (χ4n) is 4.20. The van der Waals surface area contributed by atoms with E-state index >= 15 is 0 Å².